The Bertz CT molecular complexity index is 439. The summed E-state index contributed by atoms with van der Waals surface area (Å²) in [6.07, 6.45) is 0. The Hall–Kier alpha value is -0.970. The van der Waals surface area contributed by atoms with Gasteiger partial charge in [0.2, 0.25) is 0 Å². The van der Waals surface area contributed by atoms with E-state index in [4.69, 9.17) is 23.2 Å². The van der Waals surface area contributed by atoms with E-state index in [0.29, 0.717) is 23.1 Å². The molecule has 1 heterocycles. The minimum absolute atomic E-state index is 0.0198. The number of rotatable bonds is 5. The first-order valence-electron chi connectivity index (χ1n) is 5.84. The van der Waals surface area contributed by atoms with Crippen LogP contribution < -0.4 is 10.6 Å². The fraction of sp³-hybridized carbons (Fsp3) is 0.417. The molecule has 0 spiro atoms. The average Bonchev–Trinajstić information content (AvgIpc) is 2.75. The van der Waals surface area contributed by atoms with Gasteiger partial charge in [0.25, 0.3) is 0 Å². The van der Waals surface area contributed by atoms with E-state index in [2.05, 4.69) is 10.6 Å². The van der Waals surface area contributed by atoms with Crippen LogP contribution in [-0.2, 0) is 6.54 Å². The van der Waals surface area contributed by atoms with Gasteiger partial charge in [0, 0.05) is 32.7 Å². The van der Waals surface area contributed by atoms with E-state index < -0.39 is 0 Å². The lowest BCUT2D eigenvalue weighted by Gasteiger charge is -2.14. The Balaban J connectivity index is 1.71. The number of nitrogens with zero attached hydrogens (tertiary/aromatic N) is 1. The summed E-state index contributed by atoms with van der Waals surface area (Å²) in [6, 6.07) is 5.59. The minimum atomic E-state index is 0.0198. The van der Waals surface area contributed by atoms with E-state index in [9.17, 15) is 4.79 Å². The number of halogens is 2. The van der Waals surface area contributed by atoms with Crippen molar-refractivity contribution in [2.24, 2.45) is 0 Å². The molecule has 1 aromatic carbocycles. The van der Waals surface area contributed by atoms with Gasteiger partial charge in [0.05, 0.1) is 10.0 Å². The second-order valence-electron chi connectivity index (χ2n) is 4.14. The second-order valence-corrected chi connectivity index (χ2v) is 4.96. The van der Waals surface area contributed by atoms with Gasteiger partial charge in [0.1, 0.15) is 0 Å². The Labute approximate surface area is 116 Å². The van der Waals surface area contributed by atoms with Crippen molar-refractivity contribution >= 4 is 29.2 Å². The molecule has 0 aromatic heterocycles. The highest BCUT2D eigenvalue weighted by Crippen LogP contribution is 2.22. The van der Waals surface area contributed by atoms with Crippen LogP contribution in [0.2, 0.25) is 10.0 Å². The van der Waals surface area contributed by atoms with Crippen LogP contribution in [0.15, 0.2) is 18.2 Å². The standard InChI is InChI=1S/C12H15Cl2N3O/c13-10-2-1-9(7-11(10)14)8-15-3-5-17-6-4-16-12(17)18/h1-2,7,15H,3-6,8H2,(H,16,18). The fourth-order valence-electron chi connectivity index (χ4n) is 1.82. The minimum Gasteiger partial charge on any atom is -0.336 e. The number of hydrogen-bond acceptors (Lipinski definition) is 2. The van der Waals surface area contributed by atoms with Crippen molar-refractivity contribution in [1.82, 2.24) is 15.5 Å². The van der Waals surface area contributed by atoms with E-state index in [1.54, 1.807) is 11.0 Å². The molecule has 1 aliphatic rings. The Kier molecular flexibility index (Phi) is 4.69. The Morgan fingerprint density at radius 3 is 2.83 bits per heavy atom. The van der Waals surface area contributed by atoms with Crippen molar-refractivity contribution in [3.63, 3.8) is 0 Å². The van der Waals surface area contributed by atoms with Crippen molar-refractivity contribution in [3.05, 3.63) is 33.8 Å². The topological polar surface area (TPSA) is 44.4 Å². The average molecular weight is 288 g/mol. The van der Waals surface area contributed by atoms with E-state index in [1.165, 1.54) is 0 Å². The first-order valence-corrected chi connectivity index (χ1v) is 6.60. The van der Waals surface area contributed by atoms with E-state index in [0.717, 1.165) is 25.2 Å². The van der Waals surface area contributed by atoms with E-state index >= 15 is 0 Å². The maximum absolute atomic E-state index is 11.3. The molecule has 6 heteroatoms. The fourth-order valence-corrected chi connectivity index (χ4v) is 2.14. The lowest BCUT2D eigenvalue weighted by Crippen LogP contribution is -2.34. The number of nitrogens with one attached hydrogen (secondary N) is 2. The summed E-state index contributed by atoms with van der Waals surface area (Å²) < 4.78 is 0. The maximum Gasteiger partial charge on any atom is 0.317 e. The summed E-state index contributed by atoms with van der Waals surface area (Å²) in [5.74, 6) is 0. The summed E-state index contributed by atoms with van der Waals surface area (Å²) >= 11 is 11.8. The zero-order valence-electron chi connectivity index (χ0n) is 9.88. The molecular weight excluding hydrogens is 273 g/mol. The van der Waals surface area contributed by atoms with Crippen LogP contribution in [0.5, 0.6) is 0 Å². The maximum atomic E-state index is 11.3. The van der Waals surface area contributed by atoms with E-state index in [1.807, 2.05) is 12.1 Å². The Morgan fingerprint density at radius 1 is 1.33 bits per heavy atom. The molecule has 98 valence electrons. The number of carbonyl (C=O) groups is 1. The van der Waals surface area contributed by atoms with Crippen molar-refractivity contribution in [2.45, 2.75) is 6.54 Å². The van der Waals surface area contributed by atoms with Gasteiger partial charge in [-0.25, -0.2) is 4.79 Å². The van der Waals surface area contributed by atoms with Crippen LogP contribution in [0.25, 0.3) is 0 Å². The third kappa shape index (κ3) is 3.51. The zero-order chi connectivity index (χ0) is 13.0. The molecule has 1 aliphatic heterocycles. The first kappa shape index (κ1) is 13.5. The lowest BCUT2D eigenvalue weighted by molar-refractivity contribution is 0.217. The van der Waals surface area contributed by atoms with Gasteiger partial charge >= 0.3 is 6.03 Å². The highest BCUT2D eigenvalue weighted by Gasteiger charge is 2.17. The zero-order valence-corrected chi connectivity index (χ0v) is 11.4. The normalized spacial score (nSPS) is 15.0. The van der Waals surface area contributed by atoms with Gasteiger partial charge < -0.3 is 15.5 Å². The molecular formula is C12H15Cl2N3O. The smallest absolute Gasteiger partial charge is 0.317 e. The summed E-state index contributed by atoms with van der Waals surface area (Å²) in [5, 5.41) is 7.17. The van der Waals surface area contributed by atoms with E-state index in [-0.39, 0.29) is 6.03 Å². The predicted molar refractivity (Wildman–Crippen MR) is 73.1 cm³/mol. The molecule has 1 aromatic rings. The first-order chi connectivity index (χ1) is 8.66. The Morgan fingerprint density at radius 2 is 2.17 bits per heavy atom. The molecule has 2 rings (SSSR count). The summed E-state index contributed by atoms with van der Waals surface area (Å²) in [6.45, 7) is 3.71. The molecule has 4 nitrogen and oxygen atoms in total. The van der Waals surface area contributed by atoms with Crippen LogP contribution in [0.3, 0.4) is 0 Å². The van der Waals surface area contributed by atoms with Gasteiger partial charge in [-0.2, -0.15) is 0 Å². The van der Waals surface area contributed by atoms with Gasteiger partial charge in [-0.1, -0.05) is 29.3 Å². The van der Waals surface area contributed by atoms with Gasteiger partial charge in [-0.3, -0.25) is 0 Å². The molecule has 0 saturated carbocycles. The van der Waals surface area contributed by atoms with Crippen LogP contribution in [0, 0.1) is 0 Å². The van der Waals surface area contributed by atoms with Crippen LogP contribution >= 0.6 is 23.2 Å². The van der Waals surface area contributed by atoms with Crippen LogP contribution in [0.1, 0.15) is 5.56 Å². The molecule has 18 heavy (non-hydrogen) atoms. The molecule has 0 unspecified atom stereocenters. The third-order valence-electron chi connectivity index (χ3n) is 2.82. The van der Waals surface area contributed by atoms with Crippen LogP contribution in [-0.4, -0.2) is 37.1 Å². The van der Waals surface area contributed by atoms with Gasteiger partial charge in [-0.15, -0.1) is 0 Å². The van der Waals surface area contributed by atoms with Crippen molar-refractivity contribution < 1.29 is 4.79 Å². The quantitative estimate of drug-likeness (QED) is 0.815. The molecule has 2 N–H and O–H groups in total. The summed E-state index contributed by atoms with van der Waals surface area (Å²) in [4.78, 5) is 13.1. The SMILES string of the molecule is O=C1NCCN1CCNCc1ccc(Cl)c(Cl)c1. The lowest BCUT2D eigenvalue weighted by atomic mass is 10.2. The summed E-state index contributed by atoms with van der Waals surface area (Å²) in [5.41, 5.74) is 1.08. The molecule has 0 bridgehead atoms. The van der Waals surface area contributed by atoms with Crippen molar-refractivity contribution in [2.75, 3.05) is 26.2 Å². The number of carbonyl (C=O) groups excluding carboxylic acids is 1. The largest absolute Gasteiger partial charge is 0.336 e. The number of urea groups is 1. The third-order valence-corrected chi connectivity index (χ3v) is 3.56. The monoisotopic (exact) mass is 287 g/mol. The number of hydrogen-bond donors (Lipinski definition) is 2. The molecule has 1 fully saturated rings. The summed E-state index contributed by atoms with van der Waals surface area (Å²) in [7, 11) is 0. The molecule has 0 radical (unpaired) electrons. The predicted octanol–water partition coefficient (Wildman–Crippen LogP) is 2.11. The highest BCUT2D eigenvalue weighted by atomic mass is 35.5. The second kappa shape index (κ2) is 6.27. The molecule has 0 aliphatic carbocycles. The van der Waals surface area contributed by atoms with Gasteiger partial charge in [0.15, 0.2) is 0 Å². The molecule has 0 atom stereocenters. The highest BCUT2D eigenvalue weighted by molar-refractivity contribution is 6.42. The molecule has 1 saturated heterocycles. The number of amides is 2. The van der Waals surface area contributed by atoms with Crippen molar-refractivity contribution in [3.8, 4) is 0 Å². The van der Waals surface area contributed by atoms with Crippen molar-refractivity contribution in [1.29, 1.82) is 0 Å². The number of benzene rings is 1. The van der Waals surface area contributed by atoms with Gasteiger partial charge in [-0.05, 0) is 17.7 Å². The van der Waals surface area contributed by atoms with Crippen LogP contribution in [0.4, 0.5) is 4.79 Å². The molecule has 2 amide bonds.